The van der Waals surface area contributed by atoms with Gasteiger partial charge in [0.25, 0.3) is 0 Å². The Morgan fingerprint density at radius 2 is 1.90 bits per heavy atom. The molecule has 0 saturated heterocycles. The Balaban J connectivity index is 0.00000450. The number of nitrogens with zero attached hydrogens (tertiary/aromatic N) is 1. The predicted molar refractivity (Wildman–Crippen MR) is 117 cm³/mol. The summed E-state index contributed by atoms with van der Waals surface area (Å²) < 4.78 is 45.1. The number of aryl methyl sites for hydroxylation is 1. The maximum Gasteiger partial charge on any atom is 0.387 e. The van der Waals surface area contributed by atoms with Gasteiger partial charge in [0.15, 0.2) is 5.96 Å². The van der Waals surface area contributed by atoms with Crippen LogP contribution in [0.4, 0.5) is 8.78 Å². The number of carbonyl (C=O) groups is 1. The van der Waals surface area contributed by atoms with Crippen molar-refractivity contribution in [2.45, 2.75) is 26.6 Å². The Morgan fingerprint density at radius 3 is 2.50 bits per heavy atom. The number of ether oxygens (including phenoxy) is 3. The van der Waals surface area contributed by atoms with Crippen LogP contribution in [0.3, 0.4) is 0 Å². The van der Waals surface area contributed by atoms with Crippen molar-refractivity contribution in [3.05, 3.63) is 46.9 Å². The number of hydrogen-bond donors (Lipinski definition) is 2. The van der Waals surface area contributed by atoms with Crippen LogP contribution in [0, 0.1) is 6.92 Å². The van der Waals surface area contributed by atoms with Crippen LogP contribution in [0.5, 0.6) is 11.5 Å². The van der Waals surface area contributed by atoms with E-state index in [1.54, 1.807) is 26.1 Å². The third kappa shape index (κ3) is 7.04. The highest BCUT2D eigenvalue weighted by atomic mass is 127. The third-order valence-electron chi connectivity index (χ3n) is 3.96. The van der Waals surface area contributed by atoms with Crippen LogP contribution in [0.15, 0.2) is 33.7 Å². The van der Waals surface area contributed by atoms with Crippen molar-refractivity contribution in [2.24, 2.45) is 4.99 Å². The molecule has 0 fully saturated rings. The number of rotatable bonds is 8. The standard InChI is InChI=1S/C19H23F2N3O5.HI/c1-11-15(17(25)27-4)8-14(28-11)10-24-19(22-2)23-9-12-7-13(26-3)5-6-16(12)29-18(20)21;/h5-8,18H,9-10H2,1-4H3,(H2,22,23,24);1H. The summed E-state index contributed by atoms with van der Waals surface area (Å²) in [4.78, 5) is 15.7. The van der Waals surface area contributed by atoms with Gasteiger partial charge in [-0.3, -0.25) is 4.99 Å². The molecule has 2 aromatic rings. The second-order valence-corrected chi connectivity index (χ2v) is 5.81. The molecule has 0 aliphatic heterocycles. The number of benzene rings is 1. The number of furan rings is 1. The molecule has 0 atom stereocenters. The first-order valence-corrected chi connectivity index (χ1v) is 8.61. The van der Waals surface area contributed by atoms with Crippen molar-refractivity contribution in [1.82, 2.24) is 10.6 Å². The highest BCUT2D eigenvalue weighted by Gasteiger charge is 2.16. The fourth-order valence-corrected chi connectivity index (χ4v) is 2.55. The number of guanidine groups is 1. The van der Waals surface area contributed by atoms with Crippen LogP contribution in [-0.4, -0.2) is 39.8 Å². The van der Waals surface area contributed by atoms with Crippen molar-refractivity contribution in [3.8, 4) is 11.5 Å². The van der Waals surface area contributed by atoms with E-state index in [0.29, 0.717) is 34.4 Å². The molecule has 1 aromatic heterocycles. The molecule has 0 saturated carbocycles. The van der Waals surface area contributed by atoms with Crippen molar-refractivity contribution in [3.63, 3.8) is 0 Å². The van der Waals surface area contributed by atoms with Crippen LogP contribution >= 0.6 is 24.0 Å². The van der Waals surface area contributed by atoms with Crippen LogP contribution in [0.2, 0.25) is 0 Å². The van der Waals surface area contributed by atoms with E-state index in [0.717, 1.165) is 0 Å². The first-order chi connectivity index (χ1) is 13.9. The van der Waals surface area contributed by atoms with Crippen molar-refractivity contribution in [2.75, 3.05) is 21.3 Å². The molecule has 2 rings (SSSR count). The summed E-state index contributed by atoms with van der Waals surface area (Å²) in [5, 5.41) is 6.02. The normalized spacial score (nSPS) is 11.0. The molecule has 11 heteroatoms. The van der Waals surface area contributed by atoms with Crippen LogP contribution in [0.25, 0.3) is 0 Å². The Kier molecular flexibility index (Phi) is 10.4. The molecule has 1 aromatic carbocycles. The second-order valence-electron chi connectivity index (χ2n) is 5.81. The molecule has 0 amide bonds. The Morgan fingerprint density at radius 1 is 1.20 bits per heavy atom. The number of carbonyl (C=O) groups excluding carboxylic acids is 1. The Labute approximate surface area is 190 Å². The minimum atomic E-state index is -2.94. The number of alkyl halides is 2. The second kappa shape index (κ2) is 12.2. The zero-order chi connectivity index (χ0) is 21.4. The Hall–Kier alpha value is -2.57. The number of esters is 1. The predicted octanol–water partition coefficient (Wildman–Crippen LogP) is 3.47. The van der Waals surface area contributed by atoms with E-state index in [-0.39, 0.29) is 42.8 Å². The van der Waals surface area contributed by atoms with Gasteiger partial charge in [-0.05, 0) is 31.2 Å². The topological polar surface area (TPSA) is 94.3 Å². The SMILES string of the molecule is CN=C(NCc1cc(C(=O)OC)c(C)o1)NCc1cc(OC)ccc1OC(F)F.I. The Bertz CT molecular complexity index is 874. The molecule has 30 heavy (non-hydrogen) atoms. The molecule has 0 spiro atoms. The quantitative estimate of drug-likeness (QED) is 0.230. The van der Waals surface area contributed by atoms with Gasteiger partial charge in [-0.25, -0.2) is 4.79 Å². The molecule has 0 bridgehead atoms. The lowest BCUT2D eigenvalue weighted by Gasteiger charge is -2.15. The van der Waals surface area contributed by atoms with E-state index < -0.39 is 12.6 Å². The largest absolute Gasteiger partial charge is 0.497 e. The zero-order valence-electron chi connectivity index (χ0n) is 17.0. The van der Waals surface area contributed by atoms with Gasteiger partial charge in [-0.1, -0.05) is 0 Å². The minimum absolute atomic E-state index is 0. The van der Waals surface area contributed by atoms with Gasteiger partial charge in [0.2, 0.25) is 0 Å². The van der Waals surface area contributed by atoms with Crippen molar-refractivity contribution >= 4 is 35.9 Å². The van der Waals surface area contributed by atoms with Crippen LogP contribution in [-0.2, 0) is 17.8 Å². The monoisotopic (exact) mass is 539 g/mol. The molecule has 8 nitrogen and oxygen atoms in total. The molecule has 0 unspecified atom stereocenters. The zero-order valence-corrected chi connectivity index (χ0v) is 19.3. The molecule has 0 aliphatic carbocycles. The smallest absolute Gasteiger partial charge is 0.387 e. The third-order valence-corrected chi connectivity index (χ3v) is 3.96. The lowest BCUT2D eigenvalue weighted by molar-refractivity contribution is -0.0505. The molecule has 0 aliphatic rings. The summed E-state index contributed by atoms with van der Waals surface area (Å²) in [6.45, 7) is -0.874. The average molecular weight is 539 g/mol. The van der Waals surface area contributed by atoms with E-state index in [1.807, 2.05) is 0 Å². The summed E-state index contributed by atoms with van der Waals surface area (Å²) in [5.74, 6) is 1.41. The number of halogens is 3. The van der Waals surface area contributed by atoms with Crippen molar-refractivity contribution in [1.29, 1.82) is 0 Å². The van der Waals surface area contributed by atoms with Gasteiger partial charge in [0, 0.05) is 19.2 Å². The average Bonchev–Trinajstić information content (AvgIpc) is 3.08. The minimum Gasteiger partial charge on any atom is -0.497 e. The van der Waals surface area contributed by atoms with Gasteiger partial charge in [0.1, 0.15) is 28.6 Å². The fourth-order valence-electron chi connectivity index (χ4n) is 2.55. The maximum absolute atomic E-state index is 12.6. The van der Waals surface area contributed by atoms with E-state index in [1.165, 1.54) is 26.4 Å². The van der Waals surface area contributed by atoms with E-state index in [2.05, 4.69) is 20.4 Å². The van der Waals surface area contributed by atoms with Gasteiger partial charge in [-0.2, -0.15) is 8.78 Å². The van der Waals surface area contributed by atoms with Gasteiger partial charge < -0.3 is 29.3 Å². The highest BCUT2D eigenvalue weighted by molar-refractivity contribution is 14.0. The highest BCUT2D eigenvalue weighted by Crippen LogP contribution is 2.25. The first kappa shape index (κ1) is 25.5. The van der Waals surface area contributed by atoms with E-state index in [9.17, 15) is 13.6 Å². The summed E-state index contributed by atoms with van der Waals surface area (Å²) >= 11 is 0. The molecule has 2 N–H and O–H groups in total. The van der Waals surface area contributed by atoms with Gasteiger partial charge in [-0.15, -0.1) is 24.0 Å². The van der Waals surface area contributed by atoms with Crippen LogP contribution < -0.4 is 20.1 Å². The molecular weight excluding hydrogens is 515 g/mol. The summed E-state index contributed by atoms with van der Waals surface area (Å²) in [5.41, 5.74) is 0.812. The van der Waals surface area contributed by atoms with E-state index in [4.69, 9.17) is 13.9 Å². The lowest BCUT2D eigenvalue weighted by atomic mass is 10.2. The fraction of sp³-hybridized carbons (Fsp3) is 0.368. The molecule has 0 radical (unpaired) electrons. The van der Waals surface area contributed by atoms with Gasteiger partial charge >= 0.3 is 12.6 Å². The molecule has 1 heterocycles. The summed E-state index contributed by atoms with van der Waals surface area (Å²) in [7, 11) is 4.34. The first-order valence-electron chi connectivity index (χ1n) is 8.61. The number of aliphatic imine (C=N–C) groups is 1. The van der Waals surface area contributed by atoms with Crippen molar-refractivity contribution < 1.29 is 32.2 Å². The van der Waals surface area contributed by atoms with Crippen LogP contribution in [0.1, 0.15) is 27.4 Å². The van der Waals surface area contributed by atoms with Gasteiger partial charge in [0.05, 0.1) is 20.8 Å². The number of methoxy groups -OCH3 is 2. The molecular formula is C19H24F2IN3O5. The maximum atomic E-state index is 12.6. The summed E-state index contributed by atoms with van der Waals surface area (Å²) in [6.07, 6.45) is 0. The molecule has 166 valence electrons. The summed E-state index contributed by atoms with van der Waals surface area (Å²) in [6, 6.07) is 6.12. The number of hydrogen-bond acceptors (Lipinski definition) is 6. The lowest BCUT2D eigenvalue weighted by Crippen LogP contribution is -2.36. The van der Waals surface area contributed by atoms with E-state index >= 15 is 0 Å². The number of nitrogens with one attached hydrogen (secondary N) is 2.